The summed E-state index contributed by atoms with van der Waals surface area (Å²) in [6.07, 6.45) is 1.13. The van der Waals surface area contributed by atoms with E-state index in [2.05, 4.69) is 139 Å². The van der Waals surface area contributed by atoms with E-state index < -0.39 is 24.5 Å². The Morgan fingerprint density at radius 2 is 0.886 bits per heavy atom. The predicted molar refractivity (Wildman–Crippen MR) is 159 cm³/mol. The molecule has 0 aromatic heterocycles. The molecule has 2 nitrogen and oxygen atoms in total. The van der Waals surface area contributed by atoms with Crippen LogP contribution in [0.3, 0.4) is 0 Å². The van der Waals surface area contributed by atoms with Crippen LogP contribution < -0.4 is 21.2 Å². The van der Waals surface area contributed by atoms with Gasteiger partial charge in [0.1, 0.15) is 0 Å². The number of rotatable bonds is 11. The van der Waals surface area contributed by atoms with Gasteiger partial charge in [-0.2, -0.15) is 0 Å². The van der Waals surface area contributed by atoms with E-state index in [0.717, 1.165) is 19.0 Å². The molecule has 0 atom stereocenters. The summed E-state index contributed by atoms with van der Waals surface area (Å²) in [6.45, 7) is 5.68. The van der Waals surface area contributed by atoms with Crippen molar-refractivity contribution in [2.75, 3.05) is 13.7 Å². The van der Waals surface area contributed by atoms with Crippen LogP contribution >= 0.6 is 16.1 Å². The van der Waals surface area contributed by atoms with Gasteiger partial charge < -0.3 is 4.43 Å². The molecule has 0 unspecified atom stereocenters. The smallest absolute Gasteiger partial charge is 0.186 e. The lowest BCUT2D eigenvalue weighted by Crippen LogP contribution is -2.34. The molecule has 35 heavy (non-hydrogen) atoms. The molecule has 180 valence electrons. The Morgan fingerprint density at radius 3 is 1.17 bits per heavy atom. The van der Waals surface area contributed by atoms with Crippen molar-refractivity contribution in [2.24, 2.45) is 0 Å². The van der Waals surface area contributed by atoms with Crippen LogP contribution in [0.4, 0.5) is 0 Å². The predicted octanol–water partition coefficient (Wildman–Crippen LogP) is 6.63. The van der Waals surface area contributed by atoms with Crippen molar-refractivity contribution < 1.29 is 4.43 Å². The number of benzene rings is 4. The van der Waals surface area contributed by atoms with Gasteiger partial charge in [0.05, 0.1) is 0 Å². The van der Waals surface area contributed by atoms with E-state index in [9.17, 15) is 0 Å². The quantitative estimate of drug-likeness (QED) is 0.164. The molecule has 4 aromatic rings. The van der Waals surface area contributed by atoms with Crippen molar-refractivity contribution >= 4 is 45.7 Å². The van der Waals surface area contributed by atoms with Gasteiger partial charge in [-0.25, -0.2) is 4.44 Å². The second-order valence-corrected chi connectivity index (χ2v) is 18.2. The fourth-order valence-corrected chi connectivity index (χ4v) is 11.5. The molecular formula is C30H35NOP2Si. The summed E-state index contributed by atoms with van der Waals surface area (Å²) < 4.78 is 8.74. The van der Waals surface area contributed by atoms with Crippen LogP contribution in [-0.4, -0.2) is 26.4 Å². The van der Waals surface area contributed by atoms with E-state index in [-0.39, 0.29) is 0 Å². The molecule has 5 heteroatoms. The first-order valence-electron chi connectivity index (χ1n) is 12.2. The van der Waals surface area contributed by atoms with Gasteiger partial charge in [-0.1, -0.05) is 121 Å². The van der Waals surface area contributed by atoms with E-state index in [1.54, 1.807) is 0 Å². The largest absolute Gasteiger partial charge is 0.420 e. The van der Waals surface area contributed by atoms with E-state index in [1.807, 2.05) is 7.11 Å². The lowest BCUT2D eigenvalue weighted by Gasteiger charge is -2.39. The first-order valence-corrected chi connectivity index (χ1v) is 17.9. The molecule has 0 fully saturated rings. The van der Waals surface area contributed by atoms with Crippen LogP contribution in [0, 0.1) is 0 Å². The molecular weight excluding hydrogens is 480 g/mol. The zero-order chi connectivity index (χ0) is 24.5. The summed E-state index contributed by atoms with van der Waals surface area (Å²) in [5.74, 6) is 0. The second-order valence-electron chi connectivity index (χ2n) is 9.13. The SMILES string of the molecule is CO[Si](C)(C)CCCN(P(c1ccccc1)c1ccccc1)P(c1ccccc1)c1ccccc1. The lowest BCUT2D eigenvalue weighted by atomic mass is 10.4. The third-order valence-corrected chi connectivity index (χ3v) is 14.4. The fraction of sp³-hybridized carbons (Fsp3) is 0.200. The first-order chi connectivity index (χ1) is 17.1. The summed E-state index contributed by atoms with van der Waals surface area (Å²) in [6, 6.07) is 45.6. The van der Waals surface area contributed by atoms with Gasteiger partial charge in [0.2, 0.25) is 0 Å². The molecule has 0 N–H and O–H groups in total. The van der Waals surface area contributed by atoms with Crippen LogP contribution in [0.2, 0.25) is 19.1 Å². The number of hydrogen-bond donors (Lipinski definition) is 0. The van der Waals surface area contributed by atoms with Crippen LogP contribution in [0.1, 0.15) is 6.42 Å². The number of nitrogens with zero attached hydrogens (tertiary/aromatic N) is 1. The average molecular weight is 516 g/mol. The molecule has 0 bridgehead atoms. The minimum Gasteiger partial charge on any atom is -0.420 e. The van der Waals surface area contributed by atoms with Gasteiger partial charge in [0, 0.05) is 29.8 Å². The van der Waals surface area contributed by atoms with Crippen molar-refractivity contribution in [3.63, 3.8) is 0 Å². The van der Waals surface area contributed by atoms with Crippen LogP contribution in [0.5, 0.6) is 0 Å². The molecule has 0 spiro atoms. The van der Waals surface area contributed by atoms with E-state index in [1.165, 1.54) is 21.2 Å². The molecule has 0 amide bonds. The minimum atomic E-state index is -1.64. The average Bonchev–Trinajstić information content (AvgIpc) is 2.91. The van der Waals surface area contributed by atoms with Crippen molar-refractivity contribution in [2.45, 2.75) is 25.6 Å². The van der Waals surface area contributed by atoms with Crippen molar-refractivity contribution in [3.8, 4) is 0 Å². The summed E-state index contributed by atoms with van der Waals surface area (Å²) >= 11 is 0. The highest BCUT2D eigenvalue weighted by Gasteiger charge is 2.32. The van der Waals surface area contributed by atoms with E-state index >= 15 is 0 Å². The van der Waals surface area contributed by atoms with Crippen molar-refractivity contribution in [1.82, 2.24) is 4.44 Å². The zero-order valence-corrected chi connectivity index (χ0v) is 23.7. The van der Waals surface area contributed by atoms with Crippen LogP contribution in [0.25, 0.3) is 0 Å². The Bertz CT molecular complexity index is 982. The topological polar surface area (TPSA) is 12.5 Å². The molecule has 0 radical (unpaired) electrons. The Kier molecular flexibility index (Phi) is 9.43. The molecule has 0 aliphatic rings. The monoisotopic (exact) mass is 515 g/mol. The van der Waals surface area contributed by atoms with E-state index in [4.69, 9.17) is 4.43 Å². The Labute approximate surface area is 214 Å². The van der Waals surface area contributed by atoms with Gasteiger partial charge in [-0.15, -0.1) is 0 Å². The lowest BCUT2D eigenvalue weighted by molar-refractivity contribution is 0.401. The Balaban J connectivity index is 1.85. The molecule has 4 rings (SSSR count). The zero-order valence-electron chi connectivity index (χ0n) is 20.9. The fourth-order valence-electron chi connectivity index (χ4n) is 4.15. The maximum Gasteiger partial charge on any atom is 0.186 e. The third-order valence-electron chi connectivity index (χ3n) is 6.15. The maximum atomic E-state index is 5.91. The normalized spacial score (nSPS) is 11.9. The standard InChI is InChI=1S/C30H35NOP2Si/c1-32-35(2,3)26-16-25-31(33(27-17-8-4-9-18-27)28-19-10-5-11-20-28)34(29-21-12-6-13-22-29)30-23-14-7-15-24-30/h4-15,17-24H,16,25-26H2,1-3H3. The van der Waals surface area contributed by atoms with E-state index in [0.29, 0.717) is 0 Å². The van der Waals surface area contributed by atoms with Crippen LogP contribution in [0.15, 0.2) is 121 Å². The van der Waals surface area contributed by atoms with Crippen LogP contribution in [-0.2, 0) is 4.43 Å². The van der Waals surface area contributed by atoms with Crippen molar-refractivity contribution in [3.05, 3.63) is 121 Å². The van der Waals surface area contributed by atoms with Gasteiger partial charge in [-0.05, 0) is 46.8 Å². The van der Waals surface area contributed by atoms with Gasteiger partial charge in [0.15, 0.2) is 8.32 Å². The molecule has 4 aromatic carbocycles. The molecule has 0 saturated carbocycles. The molecule has 0 heterocycles. The summed E-state index contributed by atoms with van der Waals surface area (Å²) in [5.41, 5.74) is 0. The Morgan fingerprint density at radius 1 is 0.571 bits per heavy atom. The highest BCUT2D eigenvalue weighted by Crippen LogP contribution is 2.54. The molecule has 0 aliphatic carbocycles. The molecule has 0 aliphatic heterocycles. The Hall–Kier alpha value is -2.12. The maximum absolute atomic E-state index is 5.91. The van der Waals surface area contributed by atoms with Gasteiger partial charge in [-0.3, -0.25) is 0 Å². The second kappa shape index (κ2) is 12.7. The third kappa shape index (κ3) is 6.97. The highest BCUT2D eigenvalue weighted by atomic mass is 31.2. The summed E-state index contributed by atoms with van der Waals surface area (Å²) in [4.78, 5) is 0. The number of hydrogen-bond acceptors (Lipinski definition) is 2. The van der Waals surface area contributed by atoms with Crippen molar-refractivity contribution in [1.29, 1.82) is 0 Å². The van der Waals surface area contributed by atoms with Gasteiger partial charge >= 0.3 is 0 Å². The minimum absolute atomic E-state index is 0.716. The summed E-state index contributed by atoms with van der Waals surface area (Å²) in [5, 5.41) is 5.60. The summed E-state index contributed by atoms with van der Waals surface area (Å²) in [7, 11) is -1.19. The van der Waals surface area contributed by atoms with Gasteiger partial charge in [0.25, 0.3) is 0 Å². The first kappa shape index (κ1) is 26.0. The highest BCUT2D eigenvalue weighted by molar-refractivity contribution is 7.84. The molecule has 0 saturated heterocycles.